The summed E-state index contributed by atoms with van der Waals surface area (Å²) in [5.74, 6) is -1.33. The Balaban J connectivity index is 4.69. The molecule has 0 heterocycles. The van der Waals surface area contributed by atoms with E-state index >= 15 is 0 Å². The monoisotopic (exact) mass is 394 g/mol. The first kappa shape index (κ1) is 25.6. The summed E-state index contributed by atoms with van der Waals surface area (Å²) in [5, 5.41) is 8.58. The number of carboxylic acids is 1. The molecule has 0 radical (unpaired) electrons. The normalized spacial score (nSPS) is 14.9. The number of methoxy groups -OCH3 is 1. The van der Waals surface area contributed by atoms with Crippen molar-refractivity contribution in [3.8, 4) is 0 Å². The molecule has 0 aromatic heterocycles. The van der Waals surface area contributed by atoms with Crippen molar-refractivity contribution in [3.63, 3.8) is 0 Å². The highest BCUT2D eigenvalue weighted by atomic mass is 16.5. The fraction of sp³-hybridized carbons (Fsp3) is 0.200. The molecular formula is C25H30O4. The Hall–Kier alpha value is -3.40. The second-order valence-corrected chi connectivity index (χ2v) is 6.27. The number of carbonyl (C=O) groups is 2. The van der Waals surface area contributed by atoms with Crippen molar-refractivity contribution in [3.05, 3.63) is 107 Å². The summed E-state index contributed by atoms with van der Waals surface area (Å²) in [6.45, 7) is 7.79. The van der Waals surface area contributed by atoms with E-state index in [4.69, 9.17) is 5.11 Å². The van der Waals surface area contributed by atoms with Crippen molar-refractivity contribution < 1.29 is 19.4 Å². The topological polar surface area (TPSA) is 63.6 Å². The van der Waals surface area contributed by atoms with Gasteiger partial charge in [0.15, 0.2) is 0 Å². The molecule has 0 aliphatic carbocycles. The minimum atomic E-state index is -0.956. The number of carboxylic acid groups (broad SMARTS) is 1. The first-order valence-electron chi connectivity index (χ1n) is 9.13. The highest BCUT2D eigenvalue weighted by Gasteiger charge is 1.88. The Morgan fingerprint density at radius 2 is 0.931 bits per heavy atom. The Bertz CT molecular complexity index is 823. The number of rotatable bonds is 10. The van der Waals surface area contributed by atoms with E-state index in [0.29, 0.717) is 0 Å². The Kier molecular flexibility index (Phi) is 13.8. The molecule has 0 saturated carbocycles. The van der Waals surface area contributed by atoms with E-state index in [2.05, 4.69) is 4.74 Å². The molecule has 0 aromatic carbocycles. The van der Waals surface area contributed by atoms with Crippen LogP contribution in [0.15, 0.2) is 107 Å². The Labute approximate surface area is 174 Å². The summed E-state index contributed by atoms with van der Waals surface area (Å²) in [6.07, 6.45) is 25.1. The predicted molar refractivity (Wildman–Crippen MR) is 120 cm³/mol. The van der Waals surface area contributed by atoms with Crippen LogP contribution in [0.3, 0.4) is 0 Å². The Morgan fingerprint density at radius 1 is 0.586 bits per heavy atom. The Morgan fingerprint density at radius 3 is 1.28 bits per heavy atom. The van der Waals surface area contributed by atoms with Crippen LogP contribution in [-0.2, 0) is 14.3 Å². The highest BCUT2D eigenvalue weighted by molar-refractivity contribution is 5.82. The van der Waals surface area contributed by atoms with E-state index in [0.717, 1.165) is 28.4 Å². The summed E-state index contributed by atoms with van der Waals surface area (Å²) in [6, 6.07) is 0. The maximum atomic E-state index is 11.0. The summed E-state index contributed by atoms with van der Waals surface area (Å²) < 4.78 is 4.52. The van der Waals surface area contributed by atoms with Crippen LogP contribution in [0.4, 0.5) is 0 Å². The van der Waals surface area contributed by atoms with Gasteiger partial charge in [-0.2, -0.15) is 0 Å². The molecule has 0 spiro atoms. The van der Waals surface area contributed by atoms with Gasteiger partial charge < -0.3 is 9.84 Å². The van der Waals surface area contributed by atoms with E-state index in [1.54, 1.807) is 12.2 Å². The molecule has 4 nitrogen and oxygen atoms in total. The lowest BCUT2D eigenvalue weighted by Crippen LogP contribution is -1.92. The summed E-state index contributed by atoms with van der Waals surface area (Å²) in [4.78, 5) is 21.4. The molecule has 0 amide bonds. The zero-order valence-electron chi connectivity index (χ0n) is 17.8. The number of hydrogen-bond acceptors (Lipinski definition) is 3. The molecule has 29 heavy (non-hydrogen) atoms. The van der Waals surface area contributed by atoms with Gasteiger partial charge in [-0.3, -0.25) is 0 Å². The van der Waals surface area contributed by atoms with Gasteiger partial charge in [0, 0.05) is 12.2 Å². The molecule has 0 saturated heterocycles. The van der Waals surface area contributed by atoms with Gasteiger partial charge in [0.1, 0.15) is 0 Å². The zero-order valence-corrected chi connectivity index (χ0v) is 17.8. The van der Waals surface area contributed by atoms with Crippen molar-refractivity contribution >= 4 is 11.9 Å². The quantitative estimate of drug-likeness (QED) is 0.288. The van der Waals surface area contributed by atoms with E-state index in [-0.39, 0.29) is 5.97 Å². The van der Waals surface area contributed by atoms with E-state index in [1.165, 1.54) is 13.2 Å². The number of esters is 1. The van der Waals surface area contributed by atoms with Gasteiger partial charge in [-0.05, 0) is 27.7 Å². The van der Waals surface area contributed by atoms with Gasteiger partial charge in [-0.1, -0.05) is 95.2 Å². The number of allylic oxidation sites excluding steroid dienone is 16. The van der Waals surface area contributed by atoms with Crippen LogP contribution < -0.4 is 0 Å². The average Bonchev–Trinajstić information content (AvgIpc) is 2.66. The second kappa shape index (κ2) is 15.6. The largest absolute Gasteiger partial charge is 0.478 e. The van der Waals surface area contributed by atoms with Crippen LogP contribution in [-0.4, -0.2) is 24.2 Å². The van der Waals surface area contributed by atoms with Crippen molar-refractivity contribution in [2.75, 3.05) is 7.11 Å². The molecule has 0 unspecified atom stereocenters. The van der Waals surface area contributed by atoms with Gasteiger partial charge in [0.05, 0.1) is 7.11 Å². The third-order valence-corrected chi connectivity index (χ3v) is 3.44. The molecular weight excluding hydrogens is 364 g/mol. The third kappa shape index (κ3) is 16.5. The van der Waals surface area contributed by atoms with Crippen molar-refractivity contribution in [1.82, 2.24) is 0 Å². The lowest BCUT2D eigenvalue weighted by Gasteiger charge is -1.91. The number of ether oxygens (including phenoxy) is 1. The van der Waals surface area contributed by atoms with Crippen molar-refractivity contribution in [2.24, 2.45) is 0 Å². The minimum Gasteiger partial charge on any atom is -0.478 e. The molecule has 0 aliphatic rings. The summed E-state index contributed by atoms with van der Waals surface area (Å²) in [5.41, 5.74) is 4.05. The van der Waals surface area contributed by atoms with Crippen molar-refractivity contribution in [2.45, 2.75) is 27.7 Å². The summed E-state index contributed by atoms with van der Waals surface area (Å²) >= 11 is 0. The molecule has 0 fully saturated rings. The predicted octanol–water partition coefficient (Wildman–Crippen LogP) is 5.81. The molecule has 0 aliphatic heterocycles. The molecule has 0 aromatic rings. The van der Waals surface area contributed by atoms with Gasteiger partial charge in [-0.15, -0.1) is 0 Å². The lowest BCUT2D eigenvalue weighted by molar-refractivity contribution is -0.135. The molecule has 0 bridgehead atoms. The first-order chi connectivity index (χ1) is 13.7. The second-order valence-electron chi connectivity index (χ2n) is 6.27. The van der Waals surface area contributed by atoms with Crippen LogP contribution in [0.1, 0.15) is 27.7 Å². The van der Waals surface area contributed by atoms with E-state index in [9.17, 15) is 9.59 Å². The van der Waals surface area contributed by atoms with Gasteiger partial charge in [-0.25, -0.2) is 9.59 Å². The number of carbonyl (C=O) groups excluding carboxylic acids is 1. The van der Waals surface area contributed by atoms with Gasteiger partial charge in [0.25, 0.3) is 0 Å². The average molecular weight is 395 g/mol. The molecule has 1 N–H and O–H groups in total. The third-order valence-electron chi connectivity index (χ3n) is 3.44. The molecule has 0 rings (SSSR count). The molecule has 0 atom stereocenters. The lowest BCUT2D eigenvalue weighted by atomic mass is 10.2. The fourth-order valence-electron chi connectivity index (χ4n) is 1.83. The van der Waals surface area contributed by atoms with Gasteiger partial charge in [0.2, 0.25) is 0 Å². The van der Waals surface area contributed by atoms with E-state index in [1.807, 2.05) is 88.5 Å². The van der Waals surface area contributed by atoms with Gasteiger partial charge >= 0.3 is 11.9 Å². The standard InChI is InChI=1S/C25H30O4/c1-20(12-7-13-22(3)16-9-17-25(28)29-5)10-6-11-21(2)14-8-15-23(4)18-19-24(26)27/h6-19H,1-5H3,(H,26,27)/b10-6+,13-7+,14-8+,17-9-,19-18+,20-12-,21-11-,22-16-,23-15-. The SMILES string of the molecule is COC(=O)\C=C/C=C(C)\C=C\C=C(C)/C=C/C=C(C)\C=C\C=C(C)/C=C/C(=O)O. The summed E-state index contributed by atoms with van der Waals surface area (Å²) in [7, 11) is 1.35. The molecule has 4 heteroatoms. The number of hydrogen-bond donors (Lipinski definition) is 1. The van der Waals surface area contributed by atoms with Crippen LogP contribution in [0.5, 0.6) is 0 Å². The number of aliphatic carboxylic acids is 1. The molecule has 154 valence electrons. The first-order valence-corrected chi connectivity index (χ1v) is 9.13. The van der Waals surface area contributed by atoms with E-state index < -0.39 is 5.97 Å². The van der Waals surface area contributed by atoms with Crippen LogP contribution in [0.25, 0.3) is 0 Å². The fourth-order valence-corrected chi connectivity index (χ4v) is 1.83. The maximum absolute atomic E-state index is 11.0. The minimum absolute atomic E-state index is 0.377. The highest BCUT2D eigenvalue weighted by Crippen LogP contribution is 2.03. The van der Waals surface area contributed by atoms with Crippen molar-refractivity contribution in [1.29, 1.82) is 0 Å². The smallest absolute Gasteiger partial charge is 0.330 e. The maximum Gasteiger partial charge on any atom is 0.330 e. The van der Waals surface area contributed by atoms with Crippen LogP contribution in [0.2, 0.25) is 0 Å². The van der Waals surface area contributed by atoms with Crippen LogP contribution >= 0.6 is 0 Å². The zero-order chi connectivity index (χ0) is 22.1. The van der Waals surface area contributed by atoms with Crippen LogP contribution in [0, 0.1) is 0 Å².